The Morgan fingerprint density at radius 1 is 0.900 bits per heavy atom. The van der Waals surface area contributed by atoms with E-state index < -0.39 is 0 Å². The van der Waals surface area contributed by atoms with Gasteiger partial charge in [0.2, 0.25) is 0 Å². The summed E-state index contributed by atoms with van der Waals surface area (Å²) in [6, 6.07) is 19.0. The third-order valence-electron chi connectivity index (χ3n) is 5.45. The fourth-order valence-corrected chi connectivity index (χ4v) is 3.61. The van der Waals surface area contributed by atoms with E-state index in [-0.39, 0.29) is 0 Å². The van der Waals surface area contributed by atoms with Gasteiger partial charge < -0.3 is 10.2 Å². The number of hydrogen-bond donors (Lipinski definition) is 1. The van der Waals surface area contributed by atoms with Crippen LogP contribution in [0.25, 0.3) is 10.9 Å². The highest BCUT2D eigenvalue weighted by Gasteiger charge is 2.11. The van der Waals surface area contributed by atoms with Gasteiger partial charge in [0.15, 0.2) is 0 Å². The van der Waals surface area contributed by atoms with Crippen molar-refractivity contribution in [3.8, 4) is 0 Å². The number of rotatable bonds is 11. The average Bonchev–Trinajstić information content (AvgIpc) is 2.75. The third-order valence-corrected chi connectivity index (χ3v) is 5.45. The van der Waals surface area contributed by atoms with Gasteiger partial charge in [-0.2, -0.15) is 0 Å². The zero-order valence-corrected chi connectivity index (χ0v) is 18.8. The van der Waals surface area contributed by atoms with Crippen LogP contribution >= 0.6 is 0 Å². The molecule has 0 saturated carbocycles. The number of fused-ring (bicyclic) bond motifs is 1. The van der Waals surface area contributed by atoms with Crippen LogP contribution in [0.15, 0.2) is 54.6 Å². The summed E-state index contributed by atoms with van der Waals surface area (Å²) in [6.07, 6.45) is 2.20. The Morgan fingerprint density at radius 2 is 1.63 bits per heavy atom. The minimum Gasteiger partial charge on any atom is -0.369 e. The van der Waals surface area contributed by atoms with Gasteiger partial charge in [0, 0.05) is 11.9 Å². The van der Waals surface area contributed by atoms with E-state index in [1.807, 2.05) is 12.1 Å². The van der Waals surface area contributed by atoms with Gasteiger partial charge in [-0.25, -0.2) is 9.97 Å². The highest BCUT2D eigenvalue weighted by atomic mass is 15.1. The van der Waals surface area contributed by atoms with Crippen molar-refractivity contribution in [3.63, 3.8) is 0 Å². The van der Waals surface area contributed by atoms with E-state index in [1.54, 1.807) is 0 Å². The highest BCUT2D eigenvalue weighted by molar-refractivity contribution is 5.88. The van der Waals surface area contributed by atoms with E-state index in [2.05, 4.69) is 85.6 Å². The van der Waals surface area contributed by atoms with E-state index in [0.29, 0.717) is 5.92 Å². The first kappa shape index (κ1) is 22.2. The van der Waals surface area contributed by atoms with Gasteiger partial charge in [0.05, 0.1) is 12.1 Å². The van der Waals surface area contributed by atoms with Crippen molar-refractivity contribution in [2.75, 3.05) is 46.1 Å². The van der Waals surface area contributed by atoms with Crippen LogP contribution < -0.4 is 5.32 Å². The Hall–Kier alpha value is -2.50. The topological polar surface area (TPSA) is 44.3 Å². The number of aromatic nitrogens is 2. The molecule has 1 heterocycles. The predicted molar refractivity (Wildman–Crippen MR) is 127 cm³/mol. The van der Waals surface area contributed by atoms with Crippen LogP contribution in [-0.2, 0) is 6.54 Å². The molecule has 0 amide bonds. The second-order valence-corrected chi connectivity index (χ2v) is 8.43. The lowest BCUT2D eigenvalue weighted by atomic mass is 9.98. The summed E-state index contributed by atoms with van der Waals surface area (Å²) in [5.41, 5.74) is 2.40. The second-order valence-electron chi connectivity index (χ2n) is 8.43. The smallest absolute Gasteiger partial charge is 0.145 e. The molecule has 2 aromatic carbocycles. The molecule has 5 nitrogen and oxygen atoms in total. The number of hydrogen-bond acceptors (Lipinski definition) is 5. The predicted octanol–water partition coefficient (Wildman–Crippen LogP) is 4.62. The summed E-state index contributed by atoms with van der Waals surface area (Å²) in [7, 11) is 6.36. The van der Waals surface area contributed by atoms with Crippen molar-refractivity contribution in [2.45, 2.75) is 32.2 Å². The summed E-state index contributed by atoms with van der Waals surface area (Å²) in [5.74, 6) is 2.36. The van der Waals surface area contributed by atoms with Crippen LogP contribution in [0.4, 0.5) is 5.82 Å². The molecule has 0 aliphatic carbocycles. The Morgan fingerprint density at radius 3 is 2.40 bits per heavy atom. The zero-order chi connectivity index (χ0) is 21.3. The van der Waals surface area contributed by atoms with Gasteiger partial charge in [-0.3, -0.25) is 4.90 Å². The monoisotopic (exact) mass is 405 g/mol. The summed E-state index contributed by atoms with van der Waals surface area (Å²) in [5, 5.41) is 4.62. The molecule has 1 unspecified atom stereocenters. The first-order chi connectivity index (χ1) is 14.5. The van der Waals surface area contributed by atoms with E-state index in [9.17, 15) is 0 Å². The van der Waals surface area contributed by atoms with Gasteiger partial charge >= 0.3 is 0 Å². The molecular formula is C25H35N5. The maximum atomic E-state index is 4.87. The normalized spacial score (nSPS) is 12.6. The fourth-order valence-electron chi connectivity index (χ4n) is 3.61. The van der Waals surface area contributed by atoms with Gasteiger partial charge in [-0.1, -0.05) is 49.4 Å². The van der Waals surface area contributed by atoms with Crippen LogP contribution in [0.3, 0.4) is 0 Å². The lowest BCUT2D eigenvalue weighted by molar-refractivity contribution is 0.306. The molecule has 160 valence electrons. The summed E-state index contributed by atoms with van der Waals surface area (Å²) in [6.45, 7) is 6.02. The van der Waals surface area contributed by atoms with Crippen LogP contribution in [0.2, 0.25) is 0 Å². The van der Waals surface area contributed by atoms with Crippen LogP contribution in [-0.4, -0.2) is 60.5 Å². The molecule has 1 N–H and O–H groups in total. The molecule has 0 aliphatic rings. The van der Waals surface area contributed by atoms with Crippen molar-refractivity contribution in [1.82, 2.24) is 19.8 Å². The van der Waals surface area contributed by atoms with E-state index >= 15 is 0 Å². The lowest BCUT2D eigenvalue weighted by Gasteiger charge is -2.20. The molecule has 0 spiro atoms. The molecule has 0 radical (unpaired) electrons. The van der Waals surface area contributed by atoms with Gasteiger partial charge in [0.25, 0.3) is 0 Å². The van der Waals surface area contributed by atoms with Gasteiger partial charge in [-0.05, 0) is 70.7 Å². The zero-order valence-electron chi connectivity index (χ0n) is 18.8. The van der Waals surface area contributed by atoms with E-state index in [0.717, 1.165) is 61.6 Å². The maximum Gasteiger partial charge on any atom is 0.145 e. The Labute approximate surface area is 181 Å². The van der Waals surface area contributed by atoms with Crippen LogP contribution in [0, 0.1) is 0 Å². The van der Waals surface area contributed by atoms with Gasteiger partial charge in [-0.15, -0.1) is 0 Å². The van der Waals surface area contributed by atoms with Crippen molar-refractivity contribution >= 4 is 16.7 Å². The SMILES string of the molecule is CC(CCN(C)Cc1nc(NCCCN(C)C)c2ccccc2n1)c1ccccc1. The highest BCUT2D eigenvalue weighted by Crippen LogP contribution is 2.22. The summed E-state index contributed by atoms with van der Waals surface area (Å²) < 4.78 is 0. The molecule has 0 aliphatic heterocycles. The van der Waals surface area contributed by atoms with Crippen LogP contribution in [0.1, 0.15) is 37.1 Å². The molecule has 0 fully saturated rings. The number of nitrogens with zero attached hydrogens (tertiary/aromatic N) is 4. The first-order valence-corrected chi connectivity index (χ1v) is 10.9. The first-order valence-electron chi connectivity index (χ1n) is 10.9. The maximum absolute atomic E-state index is 4.87. The van der Waals surface area contributed by atoms with Crippen molar-refractivity contribution < 1.29 is 0 Å². The Balaban J connectivity index is 1.63. The Kier molecular flexibility index (Phi) is 8.17. The lowest BCUT2D eigenvalue weighted by Crippen LogP contribution is -2.22. The summed E-state index contributed by atoms with van der Waals surface area (Å²) >= 11 is 0. The molecule has 30 heavy (non-hydrogen) atoms. The minimum absolute atomic E-state index is 0.542. The second kappa shape index (κ2) is 11.0. The molecule has 1 aromatic heterocycles. The average molecular weight is 406 g/mol. The van der Waals surface area contributed by atoms with E-state index in [4.69, 9.17) is 9.97 Å². The fraction of sp³-hybridized carbons (Fsp3) is 0.440. The molecule has 1 atom stereocenters. The molecule has 5 heteroatoms. The van der Waals surface area contributed by atoms with Crippen molar-refractivity contribution in [2.24, 2.45) is 0 Å². The van der Waals surface area contributed by atoms with Crippen molar-refractivity contribution in [1.29, 1.82) is 0 Å². The molecule has 3 rings (SSSR count). The number of anilines is 1. The van der Waals surface area contributed by atoms with Gasteiger partial charge in [0.1, 0.15) is 11.6 Å². The standard InChI is InChI=1S/C25H35N5/c1-20(21-11-6-5-7-12-21)15-18-30(4)19-24-27-23-14-9-8-13-22(23)25(28-24)26-16-10-17-29(2)3/h5-9,11-14,20H,10,15-19H2,1-4H3,(H,26,27,28). The quantitative estimate of drug-likeness (QED) is 0.472. The number of nitrogens with one attached hydrogen (secondary N) is 1. The summed E-state index contributed by atoms with van der Waals surface area (Å²) in [4.78, 5) is 14.2. The molecule has 0 saturated heterocycles. The number of benzene rings is 2. The Bertz CT molecular complexity index is 910. The third kappa shape index (κ3) is 6.51. The van der Waals surface area contributed by atoms with Crippen molar-refractivity contribution in [3.05, 3.63) is 66.0 Å². The largest absolute Gasteiger partial charge is 0.369 e. The molecule has 3 aromatic rings. The number of para-hydroxylation sites is 1. The molecular weight excluding hydrogens is 370 g/mol. The van der Waals surface area contributed by atoms with E-state index in [1.165, 1.54) is 5.56 Å². The minimum atomic E-state index is 0.542. The van der Waals surface area contributed by atoms with Crippen LogP contribution in [0.5, 0.6) is 0 Å². The molecule has 0 bridgehead atoms.